The van der Waals surface area contributed by atoms with Gasteiger partial charge in [0.05, 0.1) is 11.3 Å². The number of amides is 2. The van der Waals surface area contributed by atoms with E-state index in [9.17, 15) is 9.59 Å². The molecule has 0 fully saturated rings. The Labute approximate surface area is 145 Å². The molecule has 5 nitrogen and oxygen atoms in total. The zero-order valence-electron chi connectivity index (χ0n) is 13.3. The van der Waals surface area contributed by atoms with E-state index in [0.29, 0.717) is 28.3 Å². The van der Waals surface area contributed by atoms with Crippen LogP contribution < -0.4 is 10.6 Å². The average molecular weight is 347 g/mol. The molecule has 0 aromatic heterocycles. The first-order chi connectivity index (χ1) is 11.5. The van der Waals surface area contributed by atoms with E-state index < -0.39 is 0 Å². The van der Waals surface area contributed by atoms with Gasteiger partial charge >= 0.3 is 0 Å². The standard InChI is InChI=1S/C18H19ClN2O3/c1-12(10-11-22)20-18(24)15-4-2-3-5-16(15)21-17(23)13-6-8-14(19)9-7-13/h2-9,12,22H,10-11H2,1H3,(H,20,24)(H,21,23). The molecule has 0 radical (unpaired) electrons. The molecular formula is C18H19ClN2O3. The Morgan fingerprint density at radius 2 is 1.75 bits per heavy atom. The predicted molar refractivity (Wildman–Crippen MR) is 94.5 cm³/mol. The van der Waals surface area contributed by atoms with Crippen LogP contribution in [0.4, 0.5) is 5.69 Å². The van der Waals surface area contributed by atoms with Gasteiger partial charge in [-0.2, -0.15) is 0 Å². The first-order valence-electron chi connectivity index (χ1n) is 7.59. The van der Waals surface area contributed by atoms with Crippen molar-refractivity contribution in [3.63, 3.8) is 0 Å². The van der Waals surface area contributed by atoms with Crippen molar-refractivity contribution in [2.45, 2.75) is 19.4 Å². The molecular weight excluding hydrogens is 328 g/mol. The minimum Gasteiger partial charge on any atom is -0.396 e. The first-order valence-corrected chi connectivity index (χ1v) is 7.96. The topological polar surface area (TPSA) is 78.4 Å². The highest BCUT2D eigenvalue weighted by atomic mass is 35.5. The van der Waals surface area contributed by atoms with Crippen LogP contribution in [0, 0.1) is 0 Å². The molecule has 126 valence electrons. The number of aliphatic hydroxyl groups is 1. The molecule has 3 N–H and O–H groups in total. The highest BCUT2D eigenvalue weighted by Crippen LogP contribution is 2.17. The van der Waals surface area contributed by atoms with Gasteiger partial charge in [0, 0.05) is 23.2 Å². The Balaban J connectivity index is 2.15. The number of benzene rings is 2. The zero-order chi connectivity index (χ0) is 17.5. The van der Waals surface area contributed by atoms with Crippen LogP contribution >= 0.6 is 11.6 Å². The van der Waals surface area contributed by atoms with Crippen LogP contribution in [0.2, 0.25) is 5.02 Å². The molecule has 2 aromatic carbocycles. The van der Waals surface area contributed by atoms with Crippen molar-refractivity contribution in [2.75, 3.05) is 11.9 Å². The number of hydrogen-bond donors (Lipinski definition) is 3. The van der Waals surface area contributed by atoms with E-state index in [4.69, 9.17) is 16.7 Å². The van der Waals surface area contributed by atoms with Crippen LogP contribution in [-0.4, -0.2) is 29.6 Å². The summed E-state index contributed by atoms with van der Waals surface area (Å²) in [5, 5.41) is 15.0. The number of carbonyl (C=O) groups excluding carboxylic acids is 2. The molecule has 0 saturated heterocycles. The fourth-order valence-electron chi connectivity index (χ4n) is 2.15. The summed E-state index contributed by atoms with van der Waals surface area (Å²) in [4.78, 5) is 24.7. The van der Waals surface area contributed by atoms with E-state index in [1.54, 1.807) is 48.5 Å². The molecule has 1 atom stereocenters. The van der Waals surface area contributed by atoms with Gasteiger partial charge < -0.3 is 15.7 Å². The van der Waals surface area contributed by atoms with Crippen molar-refractivity contribution >= 4 is 29.1 Å². The number of rotatable bonds is 6. The van der Waals surface area contributed by atoms with Crippen LogP contribution in [0.15, 0.2) is 48.5 Å². The van der Waals surface area contributed by atoms with E-state index in [2.05, 4.69) is 10.6 Å². The Hall–Kier alpha value is -2.37. The van der Waals surface area contributed by atoms with Gasteiger partial charge in [-0.15, -0.1) is 0 Å². The monoisotopic (exact) mass is 346 g/mol. The fraction of sp³-hybridized carbons (Fsp3) is 0.222. The summed E-state index contributed by atoms with van der Waals surface area (Å²) in [5.74, 6) is -0.627. The van der Waals surface area contributed by atoms with Gasteiger partial charge in [0.1, 0.15) is 0 Å². The maximum atomic E-state index is 12.4. The van der Waals surface area contributed by atoms with E-state index in [0.717, 1.165) is 0 Å². The lowest BCUT2D eigenvalue weighted by molar-refractivity contribution is 0.0935. The third kappa shape index (κ3) is 4.81. The number of para-hydroxylation sites is 1. The molecule has 0 aliphatic heterocycles. The van der Waals surface area contributed by atoms with Gasteiger partial charge in [-0.3, -0.25) is 9.59 Å². The van der Waals surface area contributed by atoms with Gasteiger partial charge in [-0.1, -0.05) is 23.7 Å². The predicted octanol–water partition coefficient (Wildman–Crippen LogP) is 3.09. The van der Waals surface area contributed by atoms with Gasteiger partial charge in [-0.25, -0.2) is 0 Å². The molecule has 6 heteroatoms. The molecule has 2 amide bonds. The molecule has 1 unspecified atom stereocenters. The van der Waals surface area contributed by atoms with Crippen molar-refractivity contribution in [3.05, 3.63) is 64.7 Å². The Bertz CT molecular complexity index is 716. The van der Waals surface area contributed by atoms with Crippen LogP contribution in [-0.2, 0) is 0 Å². The Kier molecular flexibility index (Phi) is 6.35. The lowest BCUT2D eigenvalue weighted by Crippen LogP contribution is -2.33. The highest BCUT2D eigenvalue weighted by Gasteiger charge is 2.15. The SMILES string of the molecule is CC(CCO)NC(=O)c1ccccc1NC(=O)c1ccc(Cl)cc1. The van der Waals surface area contributed by atoms with Gasteiger partial charge in [-0.05, 0) is 49.7 Å². The van der Waals surface area contributed by atoms with E-state index in [-0.39, 0.29) is 24.5 Å². The molecule has 24 heavy (non-hydrogen) atoms. The van der Waals surface area contributed by atoms with Gasteiger partial charge in [0.25, 0.3) is 11.8 Å². The van der Waals surface area contributed by atoms with Crippen molar-refractivity contribution < 1.29 is 14.7 Å². The van der Waals surface area contributed by atoms with Crippen molar-refractivity contribution in [1.29, 1.82) is 0 Å². The summed E-state index contributed by atoms with van der Waals surface area (Å²) in [6, 6.07) is 13.1. The summed E-state index contributed by atoms with van der Waals surface area (Å²) in [5.41, 5.74) is 1.24. The third-order valence-electron chi connectivity index (χ3n) is 3.47. The summed E-state index contributed by atoms with van der Waals surface area (Å²) in [7, 11) is 0. The van der Waals surface area contributed by atoms with Crippen LogP contribution in [0.1, 0.15) is 34.1 Å². The summed E-state index contributed by atoms with van der Waals surface area (Å²) >= 11 is 5.81. The lowest BCUT2D eigenvalue weighted by atomic mass is 10.1. The van der Waals surface area contributed by atoms with Crippen molar-refractivity contribution in [3.8, 4) is 0 Å². The zero-order valence-corrected chi connectivity index (χ0v) is 14.0. The largest absolute Gasteiger partial charge is 0.396 e. The van der Waals surface area contributed by atoms with Gasteiger partial charge in [0.2, 0.25) is 0 Å². The van der Waals surface area contributed by atoms with Gasteiger partial charge in [0.15, 0.2) is 0 Å². The minimum atomic E-state index is -0.324. The minimum absolute atomic E-state index is 0.00358. The van der Waals surface area contributed by atoms with Crippen LogP contribution in [0.25, 0.3) is 0 Å². The van der Waals surface area contributed by atoms with E-state index in [1.807, 2.05) is 6.92 Å². The molecule has 0 saturated carbocycles. The highest BCUT2D eigenvalue weighted by molar-refractivity contribution is 6.30. The lowest BCUT2D eigenvalue weighted by Gasteiger charge is -2.15. The van der Waals surface area contributed by atoms with E-state index in [1.165, 1.54) is 0 Å². The number of aliphatic hydroxyl groups excluding tert-OH is 1. The molecule has 2 rings (SSSR count). The summed E-state index contributed by atoms with van der Waals surface area (Å²) < 4.78 is 0. The Morgan fingerprint density at radius 1 is 1.08 bits per heavy atom. The quantitative estimate of drug-likeness (QED) is 0.752. The average Bonchev–Trinajstić information content (AvgIpc) is 2.56. The second kappa shape index (κ2) is 8.47. The number of halogens is 1. The Morgan fingerprint density at radius 3 is 2.42 bits per heavy atom. The molecule has 0 spiro atoms. The summed E-state index contributed by atoms with van der Waals surface area (Å²) in [6.45, 7) is 1.80. The maximum absolute atomic E-state index is 12.4. The molecule has 0 aliphatic carbocycles. The molecule has 2 aromatic rings. The van der Waals surface area contributed by atoms with Crippen molar-refractivity contribution in [1.82, 2.24) is 5.32 Å². The second-order valence-electron chi connectivity index (χ2n) is 5.39. The number of anilines is 1. The first kappa shape index (κ1) is 18.0. The van der Waals surface area contributed by atoms with Crippen LogP contribution in [0.5, 0.6) is 0 Å². The third-order valence-corrected chi connectivity index (χ3v) is 3.72. The van der Waals surface area contributed by atoms with Crippen LogP contribution in [0.3, 0.4) is 0 Å². The molecule has 0 bridgehead atoms. The number of nitrogens with one attached hydrogen (secondary N) is 2. The molecule has 0 aliphatic rings. The second-order valence-corrected chi connectivity index (χ2v) is 5.83. The maximum Gasteiger partial charge on any atom is 0.255 e. The fourth-order valence-corrected chi connectivity index (χ4v) is 2.28. The smallest absolute Gasteiger partial charge is 0.255 e. The normalized spacial score (nSPS) is 11.6. The van der Waals surface area contributed by atoms with Crippen molar-refractivity contribution in [2.24, 2.45) is 0 Å². The summed E-state index contributed by atoms with van der Waals surface area (Å²) in [6.07, 6.45) is 0.463. The van der Waals surface area contributed by atoms with E-state index >= 15 is 0 Å². The number of hydrogen-bond acceptors (Lipinski definition) is 3. The molecule has 0 heterocycles. The number of carbonyl (C=O) groups is 2.